The van der Waals surface area contributed by atoms with Crippen LogP contribution in [0.3, 0.4) is 0 Å². The van der Waals surface area contributed by atoms with Gasteiger partial charge in [-0.05, 0) is 38.0 Å². The molecule has 0 saturated carbocycles. The maximum atomic E-state index is 12.6. The zero-order valence-electron chi connectivity index (χ0n) is 41.2. The summed E-state index contributed by atoms with van der Waals surface area (Å²) in [6.45, 7) is 6.92. The minimum absolute atomic E-state index is 0.0267. The van der Waals surface area contributed by atoms with Crippen LogP contribution < -0.4 is 0 Å². The number of hydrogen-bond acceptors (Lipinski definition) is 2. The van der Waals surface area contributed by atoms with Gasteiger partial charge in [0.05, 0.1) is 0 Å². The molecule has 3 heteroatoms. The van der Waals surface area contributed by atoms with Crippen molar-refractivity contribution in [2.45, 2.75) is 341 Å². The molecule has 0 aromatic carbocycles. The Hall–Kier alpha value is -0.0500. The molecule has 0 radical (unpaired) electrons. The molecule has 1 atom stereocenters. The van der Waals surface area contributed by atoms with Gasteiger partial charge in [0.2, 0.25) is 0 Å². The number of alkyl halides is 1. The molecule has 0 aliphatic carbocycles. The van der Waals surface area contributed by atoms with Gasteiger partial charge in [-0.1, -0.05) is 313 Å². The number of unbranched alkanes of at least 4 members (excludes halogenated alkanes) is 38. The molecule has 59 heavy (non-hydrogen) atoms. The first-order valence-electron chi connectivity index (χ1n) is 27.9. The molecule has 0 rings (SSSR count). The Bertz CT molecular complexity index is 733. The molecule has 354 valence electrons. The normalized spacial score (nSPS) is 12.2. The lowest BCUT2D eigenvalue weighted by Gasteiger charge is -2.20. The number of carbonyl (C=O) groups is 1. The predicted molar refractivity (Wildman–Crippen MR) is 270 cm³/mol. The third kappa shape index (κ3) is 48.8. The third-order valence-electron chi connectivity index (χ3n) is 13.5. The minimum atomic E-state index is 0.0267. The minimum Gasteiger partial charge on any atom is -0.462 e. The molecule has 0 fully saturated rings. The van der Waals surface area contributed by atoms with Crippen molar-refractivity contribution in [3.05, 3.63) is 0 Å². The van der Waals surface area contributed by atoms with E-state index in [0.717, 1.165) is 30.5 Å². The van der Waals surface area contributed by atoms with Crippen molar-refractivity contribution in [1.82, 2.24) is 0 Å². The van der Waals surface area contributed by atoms with Gasteiger partial charge in [-0.3, -0.25) is 4.79 Å². The van der Waals surface area contributed by atoms with Crippen LogP contribution >= 0.6 is 15.9 Å². The van der Waals surface area contributed by atoms with Crippen LogP contribution in [0.4, 0.5) is 0 Å². The molecule has 0 aliphatic rings. The lowest BCUT2D eigenvalue weighted by Crippen LogP contribution is -2.18. The van der Waals surface area contributed by atoms with Crippen molar-refractivity contribution >= 4 is 21.9 Å². The van der Waals surface area contributed by atoms with E-state index in [9.17, 15) is 4.79 Å². The first-order valence-corrected chi connectivity index (χ1v) is 29.0. The summed E-state index contributed by atoms with van der Waals surface area (Å²) in [5, 5.41) is 0.880. The van der Waals surface area contributed by atoms with Gasteiger partial charge in [-0.2, -0.15) is 0 Å². The van der Waals surface area contributed by atoms with Crippen LogP contribution in [0.15, 0.2) is 0 Å². The van der Waals surface area contributed by atoms with Gasteiger partial charge >= 0.3 is 5.97 Å². The highest BCUT2D eigenvalue weighted by atomic mass is 79.9. The molecule has 0 amide bonds. The van der Waals surface area contributed by atoms with Crippen molar-refractivity contribution in [1.29, 1.82) is 0 Å². The van der Waals surface area contributed by atoms with Gasteiger partial charge in [0.15, 0.2) is 0 Å². The second-order valence-corrected chi connectivity index (χ2v) is 20.3. The summed E-state index contributed by atoms with van der Waals surface area (Å²) in [6.07, 6.45) is 67.7. The molecule has 0 aromatic rings. The van der Waals surface area contributed by atoms with E-state index in [-0.39, 0.29) is 12.1 Å². The Morgan fingerprint density at radius 1 is 0.322 bits per heavy atom. The van der Waals surface area contributed by atoms with E-state index in [4.69, 9.17) is 4.74 Å². The van der Waals surface area contributed by atoms with Gasteiger partial charge in [0.1, 0.15) is 6.10 Å². The van der Waals surface area contributed by atoms with E-state index in [1.165, 1.54) is 289 Å². The first-order chi connectivity index (χ1) is 29.2. The number of carbonyl (C=O) groups excluding carboxylic acids is 1. The highest BCUT2D eigenvalue weighted by Gasteiger charge is 2.15. The molecule has 0 aromatic heterocycles. The SMILES string of the molecule is CCCCCCCCCCCCCCCCCCC(CCCCCCCCCCCCCCCCCC)CCCCC(CCCCCCCCCC)OC(=O)CCCBr. The Labute approximate surface area is 382 Å². The summed E-state index contributed by atoms with van der Waals surface area (Å²) in [6, 6.07) is 0. The van der Waals surface area contributed by atoms with Crippen molar-refractivity contribution in [2.24, 2.45) is 5.92 Å². The number of halogens is 1. The maximum absolute atomic E-state index is 12.6. The summed E-state index contributed by atoms with van der Waals surface area (Å²) in [5.41, 5.74) is 0. The number of esters is 1. The maximum Gasteiger partial charge on any atom is 0.306 e. The van der Waals surface area contributed by atoms with E-state index in [2.05, 4.69) is 36.7 Å². The van der Waals surface area contributed by atoms with Gasteiger partial charge < -0.3 is 4.74 Å². The summed E-state index contributed by atoms with van der Waals surface area (Å²) >= 11 is 3.49. The van der Waals surface area contributed by atoms with E-state index < -0.39 is 0 Å². The zero-order chi connectivity index (χ0) is 42.8. The molecule has 0 bridgehead atoms. The van der Waals surface area contributed by atoms with Crippen molar-refractivity contribution in [2.75, 3.05) is 5.33 Å². The van der Waals surface area contributed by atoms with E-state index >= 15 is 0 Å². The average Bonchev–Trinajstić information content (AvgIpc) is 3.24. The first kappa shape index (κ1) is 58.9. The van der Waals surface area contributed by atoms with Crippen LogP contribution in [0.1, 0.15) is 335 Å². The Morgan fingerprint density at radius 2 is 0.542 bits per heavy atom. The predicted octanol–water partition coefficient (Wildman–Crippen LogP) is 21.1. The summed E-state index contributed by atoms with van der Waals surface area (Å²) in [5.74, 6) is 0.930. The van der Waals surface area contributed by atoms with Crippen molar-refractivity contribution < 1.29 is 9.53 Å². The molecule has 2 nitrogen and oxygen atoms in total. The average molecular weight is 896 g/mol. The lowest BCUT2D eigenvalue weighted by molar-refractivity contribution is -0.149. The quantitative estimate of drug-likeness (QED) is 0.0345. The number of rotatable bonds is 52. The molecule has 0 heterocycles. The second-order valence-electron chi connectivity index (χ2n) is 19.5. The van der Waals surface area contributed by atoms with E-state index in [1.54, 1.807) is 0 Å². The monoisotopic (exact) mass is 895 g/mol. The number of hydrogen-bond donors (Lipinski definition) is 0. The number of ether oxygens (including phenoxy) is 1. The second kappa shape index (κ2) is 52.3. The van der Waals surface area contributed by atoms with Crippen molar-refractivity contribution in [3.63, 3.8) is 0 Å². The van der Waals surface area contributed by atoms with Crippen molar-refractivity contribution in [3.8, 4) is 0 Å². The third-order valence-corrected chi connectivity index (χ3v) is 14.1. The largest absolute Gasteiger partial charge is 0.462 e. The molecule has 0 saturated heterocycles. The highest BCUT2D eigenvalue weighted by molar-refractivity contribution is 9.09. The Balaban J connectivity index is 4.46. The van der Waals surface area contributed by atoms with Crippen LogP contribution in [-0.4, -0.2) is 17.4 Å². The smallest absolute Gasteiger partial charge is 0.306 e. The summed E-state index contributed by atoms with van der Waals surface area (Å²) < 4.78 is 6.09. The highest BCUT2D eigenvalue weighted by Crippen LogP contribution is 2.26. The molecule has 0 N–H and O–H groups in total. The van der Waals surface area contributed by atoms with Crippen LogP contribution in [0, 0.1) is 5.92 Å². The molecule has 0 spiro atoms. The standard InChI is InChI=1S/C56H111BrO2/c1-4-7-10-13-16-19-21-23-25-27-29-31-33-35-38-41-47-54(48-42-39-36-34-32-30-28-26-24-22-20-17-14-11-8-5-2)49-44-45-51-55(59-56(58)52-46-53-57)50-43-40-37-18-15-12-9-6-3/h54-55H,4-53H2,1-3H3. The van der Waals surface area contributed by atoms with Crippen LogP contribution in [0.5, 0.6) is 0 Å². The van der Waals surface area contributed by atoms with Gasteiger partial charge in [0, 0.05) is 11.8 Å². The van der Waals surface area contributed by atoms with Crippen LogP contribution in [0.25, 0.3) is 0 Å². The molecular weight excluding hydrogens is 785 g/mol. The van der Waals surface area contributed by atoms with Gasteiger partial charge in [-0.15, -0.1) is 0 Å². The van der Waals surface area contributed by atoms with Gasteiger partial charge in [-0.25, -0.2) is 0 Å². The van der Waals surface area contributed by atoms with Gasteiger partial charge in [0.25, 0.3) is 0 Å². The fourth-order valence-corrected chi connectivity index (χ4v) is 9.70. The molecular formula is C56H111BrO2. The zero-order valence-corrected chi connectivity index (χ0v) is 42.8. The van der Waals surface area contributed by atoms with E-state index in [1.807, 2.05) is 0 Å². The lowest BCUT2D eigenvalue weighted by atomic mass is 9.89. The summed E-state index contributed by atoms with van der Waals surface area (Å²) in [7, 11) is 0. The van der Waals surface area contributed by atoms with Crippen LogP contribution in [-0.2, 0) is 9.53 Å². The molecule has 0 aliphatic heterocycles. The molecule has 1 unspecified atom stereocenters. The van der Waals surface area contributed by atoms with E-state index in [0.29, 0.717) is 6.42 Å². The van der Waals surface area contributed by atoms with Crippen LogP contribution in [0.2, 0.25) is 0 Å². The fourth-order valence-electron chi connectivity index (χ4n) is 9.42. The fraction of sp³-hybridized carbons (Fsp3) is 0.982. The Morgan fingerprint density at radius 3 is 0.814 bits per heavy atom. The summed E-state index contributed by atoms with van der Waals surface area (Å²) in [4.78, 5) is 12.6. The Kier molecular flexibility index (Phi) is 52.3. The topological polar surface area (TPSA) is 26.3 Å².